The maximum Gasteiger partial charge on any atom is 0.283 e. The Morgan fingerprint density at radius 2 is 1.61 bits per heavy atom. The van der Waals surface area contributed by atoms with Crippen molar-refractivity contribution in [3.05, 3.63) is 83.9 Å². The second kappa shape index (κ2) is 9.88. The molecule has 0 saturated heterocycles. The molecule has 0 bridgehead atoms. The maximum atomic E-state index is 10.3. The van der Waals surface area contributed by atoms with Gasteiger partial charge in [0, 0.05) is 12.1 Å². The lowest BCUT2D eigenvalue weighted by molar-refractivity contribution is 0.0164. The van der Waals surface area contributed by atoms with E-state index in [0.717, 1.165) is 37.2 Å². The van der Waals surface area contributed by atoms with Crippen molar-refractivity contribution in [2.45, 2.75) is 76.9 Å². The van der Waals surface area contributed by atoms with Gasteiger partial charge in [0.2, 0.25) is 0 Å². The molecule has 0 atom stereocenters. The van der Waals surface area contributed by atoms with Gasteiger partial charge in [0.1, 0.15) is 5.82 Å². The number of aromatic nitrogens is 2. The van der Waals surface area contributed by atoms with Crippen molar-refractivity contribution in [1.29, 1.82) is 0 Å². The Morgan fingerprint density at radius 3 is 2.24 bits per heavy atom. The fourth-order valence-corrected chi connectivity index (χ4v) is 6.30. The van der Waals surface area contributed by atoms with Crippen LogP contribution >= 0.6 is 0 Å². The quantitative estimate of drug-likeness (QED) is 0.551. The van der Waals surface area contributed by atoms with Crippen molar-refractivity contribution in [2.24, 2.45) is 0 Å². The van der Waals surface area contributed by atoms with Gasteiger partial charge in [0.15, 0.2) is 0 Å². The summed E-state index contributed by atoms with van der Waals surface area (Å²) in [6.07, 6.45) is 5.30. The zero-order chi connectivity index (χ0) is 23.5. The van der Waals surface area contributed by atoms with E-state index < -0.39 is 14.6 Å². The standard InChI is InChI=1S/C28H35N2O2Si/c1-27(2,3)22-10-12-25(13-11-22)33(24-8-6-5-7-9-24)32-20-23-16-19-29-26(30-23)21-14-17-28(4,31)18-15-21/h5-13,16,19,21,31H,14-15,17-18,20H2,1-4H3. The van der Waals surface area contributed by atoms with Crippen molar-refractivity contribution in [3.8, 4) is 0 Å². The minimum absolute atomic E-state index is 0.128. The average Bonchev–Trinajstić information content (AvgIpc) is 2.80. The summed E-state index contributed by atoms with van der Waals surface area (Å²) in [5.74, 6) is 1.20. The largest absolute Gasteiger partial charge is 0.401 e. The molecule has 4 nitrogen and oxygen atoms in total. The Hall–Kier alpha value is -2.34. The van der Waals surface area contributed by atoms with Crippen molar-refractivity contribution in [3.63, 3.8) is 0 Å². The number of nitrogens with zero attached hydrogens (tertiary/aromatic N) is 2. The highest BCUT2D eigenvalue weighted by Crippen LogP contribution is 2.36. The van der Waals surface area contributed by atoms with E-state index in [-0.39, 0.29) is 5.41 Å². The molecule has 1 fully saturated rings. The van der Waals surface area contributed by atoms with Crippen LogP contribution in [0.1, 0.15) is 76.4 Å². The number of hydrogen-bond acceptors (Lipinski definition) is 4. The van der Waals surface area contributed by atoms with Crippen LogP contribution in [0.2, 0.25) is 0 Å². The molecule has 1 radical (unpaired) electrons. The van der Waals surface area contributed by atoms with E-state index in [9.17, 15) is 5.11 Å². The molecule has 5 heteroatoms. The highest BCUT2D eigenvalue weighted by atomic mass is 28.3. The molecule has 0 aliphatic heterocycles. The highest BCUT2D eigenvalue weighted by Gasteiger charge is 2.30. The molecule has 1 N–H and O–H groups in total. The predicted octanol–water partition coefficient (Wildman–Crippen LogP) is 4.51. The molecule has 173 valence electrons. The van der Waals surface area contributed by atoms with E-state index in [4.69, 9.17) is 9.41 Å². The molecule has 0 amide bonds. The first-order chi connectivity index (χ1) is 15.7. The molecule has 0 spiro atoms. The van der Waals surface area contributed by atoms with E-state index in [1.54, 1.807) is 0 Å². The molecule has 1 saturated carbocycles. The first kappa shape index (κ1) is 23.8. The van der Waals surface area contributed by atoms with Gasteiger partial charge in [0.25, 0.3) is 9.04 Å². The fourth-order valence-electron chi connectivity index (χ4n) is 4.38. The van der Waals surface area contributed by atoms with Gasteiger partial charge in [-0.3, -0.25) is 0 Å². The van der Waals surface area contributed by atoms with Crippen LogP contribution in [-0.2, 0) is 16.4 Å². The number of hydrogen-bond donors (Lipinski definition) is 1. The third kappa shape index (κ3) is 6.17. The van der Waals surface area contributed by atoms with Crippen molar-refractivity contribution in [2.75, 3.05) is 0 Å². The van der Waals surface area contributed by atoms with Crippen molar-refractivity contribution >= 4 is 19.4 Å². The Bertz CT molecular complexity index is 1040. The van der Waals surface area contributed by atoms with Crippen molar-refractivity contribution in [1.82, 2.24) is 9.97 Å². The number of benzene rings is 2. The van der Waals surface area contributed by atoms with Gasteiger partial charge in [0.05, 0.1) is 17.9 Å². The molecule has 1 aliphatic carbocycles. The van der Waals surface area contributed by atoms with Gasteiger partial charge in [-0.2, -0.15) is 0 Å². The summed E-state index contributed by atoms with van der Waals surface area (Å²) < 4.78 is 6.57. The van der Waals surface area contributed by atoms with E-state index in [1.807, 2.05) is 25.3 Å². The smallest absolute Gasteiger partial charge is 0.283 e. The maximum absolute atomic E-state index is 10.3. The summed E-state index contributed by atoms with van der Waals surface area (Å²) in [6, 6.07) is 21.4. The Morgan fingerprint density at radius 1 is 0.970 bits per heavy atom. The third-order valence-corrected chi connectivity index (χ3v) is 8.72. The Labute approximate surface area is 199 Å². The van der Waals surface area contributed by atoms with Crippen molar-refractivity contribution < 1.29 is 9.53 Å². The number of rotatable bonds is 6. The molecule has 2 aromatic carbocycles. The molecule has 1 heterocycles. The third-order valence-electron chi connectivity index (χ3n) is 6.57. The molecular formula is C28H35N2O2Si. The van der Waals surface area contributed by atoms with E-state index in [2.05, 4.69) is 74.3 Å². The summed E-state index contributed by atoms with van der Waals surface area (Å²) in [4.78, 5) is 9.40. The first-order valence-electron chi connectivity index (χ1n) is 11.9. The Balaban J connectivity index is 1.51. The first-order valence-corrected chi connectivity index (χ1v) is 13.3. The van der Waals surface area contributed by atoms with Crippen LogP contribution < -0.4 is 10.4 Å². The topological polar surface area (TPSA) is 55.2 Å². The lowest BCUT2D eigenvalue weighted by atomic mass is 9.79. The molecular weight excluding hydrogens is 424 g/mol. The highest BCUT2D eigenvalue weighted by molar-refractivity contribution is 6.80. The van der Waals surface area contributed by atoms with Gasteiger partial charge in [-0.15, -0.1) is 0 Å². The Kier molecular flexibility index (Phi) is 7.12. The summed E-state index contributed by atoms with van der Waals surface area (Å²) in [6.45, 7) is 9.10. The summed E-state index contributed by atoms with van der Waals surface area (Å²) >= 11 is 0. The van der Waals surface area contributed by atoms with Gasteiger partial charge in [-0.05, 0) is 60.0 Å². The molecule has 1 aliphatic rings. The normalized spacial score (nSPS) is 21.3. The summed E-state index contributed by atoms with van der Waals surface area (Å²) in [7, 11) is -1.40. The van der Waals surface area contributed by atoms with E-state index >= 15 is 0 Å². The van der Waals surface area contributed by atoms with E-state index in [1.165, 1.54) is 15.9 Å². The van der Waals surface area contributed by atoms with Crippen LogP contribution in [0.25, 0.3) is 0 Å². The van der Waals surface area contributed by atoms with Crippen LogP contribution in [0.4, 0.5) is 0 Å². The van der Waals surface area contributed by atoms with Gasteiger partial charge < -0.3 is 9.53 Å². The minimum atomic E-state index is -1.40. The molecule has 4 rings (SSSR count). The lowest BCUT2D eigenvalue weighted by Crippen LogP contribution is -2.45. The fraction of sp³-hybridized carbons (Fsp3) is 0.429. The van der Waals surface area contributed by atoms with E-state index in [0.29, 0.717) is 12.5 Å². The van der Waals surface area contributed by atoms with Crippen LogP contribution in [-0.4, -0.2) is 29.7 Å². The zero-order valence-corrected chi connectivity index (χ0v) is 21.2. The molecule has 1 aromatic heterocycles. The van der Waals surface area contributed by atoms with Crippen LogP contribution in [0.5, 0.6) is 0 Å². The zero-order valence-electron chi connectivity index (χ0n) is 20.2. The second-order valence-electron chi connectivity index (χ2n) is 10.5. The molecule has 33 heavy (non-hydrogen) atoms. The average molecular weight is 460 g/mol. The summed E-state index contributed by atoms with van der Waals surface area (Å²) in [5.41, 5.74) is 1.82. The molecule has 3 aromatic rings. The van der Waals surface area contributed by atoms with Gasteiger partial charge >= 0.3 is 0 Å². The van der Waals surface area contributed by atoms with Crippen LogP contribution in [0.15, 0.2) is 66.9 Å². The SMILES string of the molecule is CC1(O)CCC(c2nccc(CO[Si](c3ccccc3)c3ccc(C(C)(C)C)cc3)n2)CC1. The predicted molar refractivity (Wildman–Crippen MR) is 135 cm³/mol. The van der Waals surface area contributed by atoms with Crippen LogP contribution in [0.3, 0.4) is 0 Å². The second-order valence-corrected chi connectivity index (χ2v) is 12.6. The monoisotopic (exact) mass is 459 g/mol. The lowest BCUT2D eigenvalue weighted by Gasteiger charge is -2.32. The summed E-state index contributed by atoms with van der Waals surface area (Å²) in [5, 5.41) is 12.7. The van der Waals surface area contributed by atoms with Gasteiger partial charge in [-0.1, -0.05) is 75.4 Å². The molecule has 0 unspecified atom stereocenters. The minimum Gasteiger partial charge on any atom is -0.401 e. The number of aliphatic hydroxyl groups is 1. The van der Waals surface area contributed by atoms with Crippen LogP contribution in [0, 0.1) is 0 Å². The van der Waals surface area contributed by atoms with Gasteiger partial charge in [-0.25, -0.2) is 9.97 Å².